The Balaban J connectivity index is 1.89. The van der Waals surface area contributed by atoms with Crippen molar-refractivity contribution >= 4 is 45.7 Å². The number of carbonyl (C=O) groups is 1. The summed E-state index contributed by atoms with van der Waals surface area (Å²) in [5, 5.41) is 3.28. The van der Waals surface area contributed by atoms with Crippen LogP contribution in [0.4, 0.5) is 10.1 Å². The van der Waals surface area contributed by atoms with E-state index in [1.54, 1.807) is 18.2 Å². The van der Waals surface area contributed by atoms with Crippen molar-refractivity contribution in [2.75, 3.05) is 5.32 Å². The number of aromatic amines is 1. The van der Waals surface area contributed by atoms with Crippen molar-refractivity contribution in [3.63, 3.8) is 0 Å². The summed E-state index contributed by atoms with van der Waals surface area (Å²) in [6.45, 7) is 0. The third kappa shape index (κ3) is 3.25. The second-order valence-corrected chi connectivity index (χ2v) is 5.82. The molecule has 0 saturated carbocycles. The van der Waals surface area contributed by atoms with Gasteiger partial charge in [0, 0.05) is 16.1 Å². The fourth-order valence-corrected chi connectivity index (χ4v) is 2.77. The van der Waals surface area contributed by atoms with Crippen molar-refractivity contribution < 1.29 is 9.18 Å². The van der Waals surface area contributed by atoms with Gasteiger partial charge in [-0.3, -0.25) is 9.59 Å². The average Bonchev–Trinajstić information content (AvgIpc) is 2.53. The Morgan fingerprint density at radius 3 is 2.67 bits per heavy atom. The standard InChI is InChI=1S/C16H10Cl2FN3O2/c17-10-2-1-3-11(18)8(10)5-15(23)22-14-4-9-13(6-12(14)19)20-7-21-16(9)24/h1-4,6-7H,5H2,(H,22,23)(H,20,21,24). The molecule has 2 N–H and O–H groups in total. The van der Waals surface area contributed by atoms with Gasteiger partial charge in [-0.15, -0.1) is 0 Å². The molecule has 0 spiro atoms. The molecule has 0 unspecified atom stereocenters. The molecule has 1 aromatic heterocycles. The Labute approximate surface area is 145 Å². The number of nitrogens with one attached hydrogen (secondary N) is 2. The van der Waals surface area contributed by atoms with E-state index in [2.05, 4.69) is 15.3 Å². The molecule has 3 rings (SSSR count). The molecule has 0 aliphatic rings. The number of nitrogens with zero attached hydrogens (tertiary/aromatic N) is 1. The highest BCUT2D eigenvalue weighted by atomic mass is 35.5. The third-order valence-electron chi connectivity index (χ3n) is 3.40. The molecule has 5 nitrogen and oxygen atoms in total. The molecule has 0 atom stereocenters. The summed E-state index contributed by atoms with van der Waals surface area (Å²) < 4.78 is 14.1. The topological polar surface area (TPSA) is 74.8 Å². The number of carbonyl (C=O) groups excluding carboxylic acids is 1. The molecule has 3 aromatic rings. The number of benzene rings is 2. The van der Waals surface area contributed by atoms with Gasteiger partial charge in [-0.2, -0.15) is 0 Å². The first-order valence-electron chi connectivity index (χ1n) is 6.85. The van der Waals surface area contributed by atoms with Gasteiger partial charge in [-0.25, -0.2) is 9.37 Å². The van der Waals surface area contributed by atoms with Crippen LogP contribution in [0.3, 0.4) is 0 Å². The van der Waals surface area contributed by atoms with Gasteiger partial charge in [0.15, 0.2) is 0 Å². The number of hydrogen-bond acceptors (Lipinski definition) is 3. The largest absolute Gasteiger partial charge is 0.323 e. The van der Waals surface area contributed by atoms with Gasteiger partial charge in [0.2, 0.25) is 5.91 Å². The van der Waals surface area contributed by atoms with Crippen molar-refractivity contribution in [2.24, 2.45) is 0 Å². The second kappa shape index (κ2) is 6.59. The first-order chi connectivity index (χ1) is 11.5. The van der Waals surface area contributed by atoms with Gasteiger partial charge in [0.1, 0.15) is 5.82 Å². The van der Waals surface area contributed by atoms with Crippen molar-refractivity contribution in [2.45, 2.75) is 6.42 Å². The summed E-state index contributed by atoms with van der Waals surface area (Å²) in [5.41, 5.74) is 0.0984. The molecule has 0 radical (unpaired) electrons. The Bertz CT molecular complexity index is 984. The third-order valence-corrected chi connectivity index (χ3v) is 4.11. The lowest BCUT2D eigenvalue weighted by molar-refractivity contribution is -0.115. The van der Waals surface area contributed by atoms with Crippen LogP contribution in [0.1, 0.15) is 5.56 Å². The van der Waals surface area contributed by atoms with E-state index in [0.717, 1.165) is 6.07 Å². The van der Waals surface area contributed by atoms with Crippen molar-refractivity contribution in [3.8, 4) is 0 Å². The summed E-state index contributed by atoms with van der Waals surface area (Å²) in [7, 11) is 0. The minimum Gasteiger partial charge on any atom is -0.323 e. The lowest BCUT2D eigenvalue weighted by atomic mass is 10.1. The molecule has 1 heterocycles. The maximum Gasteiger partial charge on any atom is 0.258 e. The summed E-state index contributed by atoms with van der Waals surface area (Å²) in [6.07, 6.45) is 1.06. The summed E-state index contributed by atoms with van der Waals surface area (Å²) >= 11 is 12.0. The smallest absolute Gasteiger partial charge is 0.258 e. The molecule has 0 aliphatic carbocycles. The number of hydrogen-bond donors (Lipinski definition) is 2. The van der Waals surface area contributed by atoms with Gasteiger partial charge in [-0.1, -0.05) is 29.3 Å². The minimum absolute atomic E-state index is 0.117. The highest BCUT2D eigenvalue weighted by Gasteiger charge is 2.14. The average molecular weight is 366 g/mol. The SMILES string of the molecule is O=C(Cc1c(Cl)cccc1Cl)Nc1cc2c(=O)[nH]cnc2cc1F. The van der Waals surface area contributed by atoms with E-state index in [1.807, 2.05) is 0 Å². The summed E-state index contributed by atoms with van der Waals surface area (Å²) in [4.78, 5) is 30.2. The number of anilines is 1. The molecule has 2 aromatic carbocycles. The van der Waals surface area contributed by atoms with Crippen LogP contribution in [0.2, 0.25) is 10.0 Å². The van der Waals surface area contributed by atoms with Crippen LogP contribution < -0.4 is 10.9 Å². The Morgan fingerprint density at radius 1 is 1.25 bits per heavy atom. The molecule has 0 aliphatic heterocycles. The zero-order valence-electron chi connectivity index (χ0n) is 12.1. The van der Waals surface area contributed by atoms with Gasteiger partial charge < -0.3 is 10.3 Å². The summed E-state index contributed by atoms with van der Waals surface area (Å²) in [6, 6.07) is 7.20. The molecule has 8 heteroatoms. The maximum absolute atomic E-state index is 14.1. The number of aromatic nitrogens is 2. The Kier molecular flexibility index (Phi) is 4.51. The maximum atomic E-state index is 14.1. The number of fused-ring (bicyclic) bond motifs is 1. The molecule has 122 valence electrons. The van der Waals surface area contributed by atoms with Crippen LogP contribution in [-0.2, 0) is 11.2 Å². The molecule has 0 bridgehead atoms. The number of halogens is 3. The van der Waals surface area contributed by atoms with Gasteiger partial charge in [0.25, 0.3) is 5.56 Å². The highest BCUT2D eigenvalue weighted by molar-refractivity contribution is 6.36. The predicted octanol–water partition coefficient (Wildman–Crippen LogP) is 3.55. The fourth-order valence-electron chi connectivity index (χ4n) is 2.24. The Hall–Kier alpha value is -2.44. The summed E-state index contributed by atoms with van der Waals surface area (Å²) in [5.74, 6) is -1.21. The molecular formula is C16H10Cl2FN3O2. The van der Waals surface area contributed by atoms with E-state index in [1.165, 1.54) is 12.4 Å². The number of amides is 1. The molecule has 24 heavy (non-hydrogen) atoms. The van der Waals surface area contributed by atoms with Crippen molar-refractivity contribution in [1.82, 2.24) is 9.97 Å². The van der Waals surface area contributed by atoms with Crippen LogP contribution in [0.5, 0.6) is 0 Å². The zero-order valence-corrected chi connectivity index (χ0v) is 13.6. The highest BCUT2D eigenvalue weighted by Crippen LogP contribution is 2.25. The second-order valence-electron chi connectivity index (χ2n) is 5.01. The van der Waals surface area contributed by atoms with Crippen molar-refractivity contribution in [3.05, 3.63) is 68.4 Å². The predicted molar refractivity (Wildman–Crippen MR) is 91.1 cm³/mol. The monoisotopic (exact) mass is 365 g/mol. The van der Waals surface area contributed by atoms with E-state index in [9.17, 15) is 14.0 Å². The molecule has 0 saturated heterocycles. The van der Waals surface area contributed by atoms with Crippen LogP contribution in [0.25, 0.3) is 10.9 Å². The molecule has 1 amide bonds. The van der Waals surface area contributed by atoms with E-state index < -0.39 is 17.3 Å². The van der Waals surface area contributed by atoms with E-state index in [-0.39, 0.29) is 23.0 Å². The first-order valence-corrected chi connectivity index (χ1v) is 7.61. The lowest BCUT2D eigenvalue weighted by Gasteiger charge is -2.09. The first kappa shape index (κ1) is 16.4. The molecule has 0 fully saturated rings. The fraction of sp³-hybridized carbons (Fsp3) is 0.0625. The minimum atomic E-state index is -0.695. The van der Waals surface area contributed by atoms with Gasteiger partial charge in [-0.05, 0) is 23.8 Å². The van der Waals surface area contributed by atoms with Crippen molar-refractivity contribution in [1.29, 1.82) is 0 Å². The normalized spacial score (nSPS) is 10.8. The van der Waals surface area contributed by atoms with Gasteiger partial charge >= 0.3 is 0 Å². The van der Waals surface area contributed by atoms with Crippen LogP contribution in [0, 0.1) is 5.82 Å². The zero-order chi connectivity index (χ0) is 17.3. The van der Waals surface area contributed by atoms with Crippen LogP contribution >= 0.6 is 23.2 Å². The number of H-pyrrole nitrogens is 1. The van der Waals surface area contributed by atoms with E-state index in [0.29, 0.717) is 15.6 Å². The lowest BCUT2D eigenvalue weighted by Crippen LogP contribution is -2.16. The van der Waals surface area contributed by atoms with E-state index >= 15 is 0 Å². The van der Waals surface area contributed by atoms with E-state index in [4.69, 9.17) is 23.2 Å². The van der Waals surface area contributed by atoms with Gasteiger partial charge in [0.05, 0.1) is 29.3 Å². The molecular weight excluding hydrogens is 356 g/mol. The number of rotatable bonds is 3. The Morgan fingerprint density at radius 2 is 1.96 bits per heavy atom. The van der Waals surface area contributed by atoms with Crippen LogP contribution in [-0.4, -0.2) is 15.9 Å². The quantitative estimate of drug-likeness (QED) is 0.745. The van der Waals surface area contributed by atoms with Crippen LogP contribution in [0.15, 0.2) is 41.5 Å².